The lowest BCUT2D eigenvalue weighted by Crippen LogP contribution is -1.91. The Hall–Kier alpha value is -0.760. The van der Waals surface area contributed by atoms with E-state index in [0.29, 0.717) is 17.4 Å². The van der Waals surface area contributed by atoms with Gasteiger partial charge < -0.3 is 4.74 Å². The van der Waals surface area contributed by atoms with E-state index in [1.165, 1.54) is 0 Å². The summed E-state index contributed by atoms with van der Waals surface area (Å²) in [6.07, 6.45) is 4.14. The molecule has 53 valence electrons. The Morgan fingerprint density at radius 3 is 3.20 bits per heavy atom. The van der Waals surface area contributed by atoms with Gasteiger partial charge in [-0.05, 0) is 6.92 Å². The highest BCUT2D eigenvalue weighted by Crippen LogP contribution is 2.13. The molecule has 3 heteroatoms. The highest BCUT2D eigenvalue weighted by Gasteiger charge is 1.92. The molecule has 0 bridgehead atoms. The first-order chi connectivity index (χ1) is 4.83. The van der Waals surface area contributed by atoms with Crippen molar-refractivity contribution >= 4 is 11.6 Å². The summed E-state index contributed by atoms with van der Waals surface area (Å²) in [6, 6.07) is 1.68. The monoisotopic (exact) mass is 156 g/mol. The fourth-order valence-electron chi connectivity index (χ4n) is 0.598. The minimum absolute atomic E-state index is 0.478. The zero-order valence-electron chi connectivity index (χ0n) is 5.60. The van der Waals surface area contributed by atoms with Crippen molar-refractivity contribution in [1.29, 1.82) is 0 Å². The summed E-state index contributed by atoms with van der Waals surface area (Å²) in [6.45, 7) is 2.53. The van der Waals surface area contributed by atoms with Gasteiger partial charge in [0.15, 0.2) is 0 Å². The Labute approximate surface area is 64.8 Å². The number of hydrogen-bond donors (Lipinski definition) is 0. The van der Waals surface area contributed by atoms with Gasteiger partial charge in [-0.2, -0.15) is 0 Å². The average Bonchev–Trinajstić information content (AvgIpc) is 1.88. The van der Waals surface area contributed by atoms with Crippen LogP contribution in [-0.4, -0.2) is 11.6 Å². The molecular weight excluding hydrogens is 150 g/mol. The second-order valence-electron chi connectivity index (χ2n) is 1.70. The van der Waals surface area contributed by atoms with Crippen LogP contribution in [0.15, 0.2) is 12.3 Å². The first kappa shape index (κ1) is 7.35. The highest BCUT2D eigenvalue weighted by atomic mass is 35.5. The Morgan fingerprint density at radius 1 is 1.80 bits per heavy atom. The molecule has 0 amide bonds. The van der Waals surface area contributed by atoms with E-state index in [2.05, 4.69) is 11.2 Å². The van der Waals surface area contributed by atoms with E-state index in [1.54, 1.807) is 12.3 Å². The van der Waals surface area contributed by atoms with E-state index in [4.69, 9.17) is 16.3 Å². The Bertz CT molecular complexity index is 215. The Kier molecular flexibility index (Phi) is 2.51. The fraction of sp³-hybridized carbons (Fsp3) is 0.286. The van der Waals surface area contributed by atoms with E-state index in [-0.39, 0.29) is 0 Å². The van der Waals surface area contributed by atoms with E-state index >= 15 is 0 Å². The van der Waals surface area contributed by atoms with Crippen LogP contribution in [0.4, 0.5) is 0 Å². The van der Waals surface area contributed by atoms with E-state index in [9.17, 15) is 0 Å². The van der Waals surface area contributed by atoms with Crippen LogP contribution in [0.3, 0.4) is 0 Å². The SMILES string of the molecule is CCOc1cn[c]c(Cl)c1. The molecule has 0 aliphatic carbocycles. The lowest BCUT2D eigenvalue weighted by atomic mass is 10.5. The van der Waals surface area contributed by atoms with Gasteiger partial charge in [-0.15, -0.1) is 0 Å². The number of pyridine rings is 1. The van der Waals surface area contributed by atoms with Gasteiger partial charge in [-0.3, -0.25) is 0 Å². The molecule has 0 aromatic carbocycles. The largest absolute Gasteiger partial charge is 0.492 e. The number of halogens is 1. The first-order valence-electron chi connectivity index (χ1n) is 2.99. The summed E-state index contributed by atoms with van der Waals surface area (Å²) in [5.74, 6) is 0.686. The predicted molar refractivity (Wildman–Crippen MR) is 39.3 cm³/mol. The lowest BCUT2D eigenvalue weighted by Gasteiger charge is -1.99. The van der Waals surface area contributed by atoms with E-state index in [0.717, 1.165) is 0 Å². The van der Waals surface area contributed by atoms with Crippen molar-refractivity contribution in [1.82, 2.24) is 4.98 Å². The van der Waals surface area contributed by atoms with Gasteiger partial charge in [-0.25, -0.2) is 4.98 Å². The second-order valence-corrected chi connectivity index (χ2v) is 2.10. The zero-order valence-corrected chi connectivity index (χ0v) is 6.35. The van der Waals surface area contributed by atoms with Crippen LogP contribution in [0.1, 0.15) is 6.92 Å². The molecule has 0 spiro atoms. The predicted octanol–water partition coefficient (Wildman–Crippen LogP) is 1.93. The smallest absolute Gasteiger partial charge is 0.139 e. The van der Waals surface area contributed by atoms with Crippen molar-refractivity contribution in [3.63, 3.8) is 0 Å². The molecule has 2 nitrogen and oxygen atoms in total. The minimum atomic E-state index is 0.478. The van der Waals surface area contributed by atoms with Crippen LogP contribution >= 0.6 is 11.6 Å². The number of aromatic nitrogens is 1. The summed E-state index contributed by atoms with van der Waals surface area (Å²) in [7, 11) is 0. The molecule has 0 fully saturated rings. The lowest BCUT2D eigenvalue weighted by molar-refractivity contribution is 0.339. The van der Waals surface area contributed by atoms with Crippen molar-refractivity contribution < 1.29 is 4.74 Å². The molecule has 0 saturated carbocycles. The first-order valence-corrected chi connectivity index (χ1v) is 3.36. The molecule has 1 rings (SSSR count). The van der Waals surface area contributed by atoms with Crippen molar-refractivity contribution in [2.75, 3.05) is 6.61 Å². The molecule has 0 N–H and O–H groups in total. The molecule has 0 atom stereocenters. The summed E-state index contributed by atoms with van der Waals surface area (Å²) >= 11 is 5.58. The molecule has 10 heavy (non-hydrogen) atoms. The van der Waals surface area contributed by atoms with Crippen molar-refractivity contribution in [3.05, 3.63) is 23.5 Å². The number of ether oxygens (including phenoxy) is 1. The highest BCUT2D eigenvalue weighted by molar-refractivity contribution is 6.30. The molecule has 1 radical (unpaired) electrons. The maximum Gasteiger partial charge on any atom is 0.139 e. The normalized spacial score (nSPS) is 9.40. The summed E-state index contributed by atoms with van der Waals surface area (Å²) < 4.78 is 5.12. The van der Waals surface area contributed by atoms with Gasteiger partial charge in [-0.1, -0.05) is 11.6 Å². The summed E-state index contributed by atoms with van der Waals surface area (Å²) in [5, 5.41) is 0.478. The molecule has 1 heterocycles. The molecule has 1 aromatic rings. The van der Waals surface area contributed by atoms with Gasteiger partial charge >= 0.3 is 0 Å². The molecule has 1 aromatic heterocycles. The third-order valence-corrected chi connectivity index (χ3v) is 1.14. The molecular formula is C7H7ClNO. The van der Waals surface area contributed by atoms with Crippen LogP contribution in [0.5, 0.6) is 5.75 Å². The number of hydrogen-bond acceptors (Lipinski definition) is 2. The maximum atomic E-state index is 5.58. The van der Waals surface area contributed by atoms with Crippen LogP contribution in [0.25, 0.3) is 0 Å². The third kappa shape index (κ3) is 1.88. The van der Waals surface area contributed by atoms with E-state index < -0.39 is 0 Å². The molecule has 0 unspecified atom stereocenters. The van der Waals surface area contributed by atoms with Crippen LogP contribution in [-0.2, 0) is 0 Å². The molecule has 0 saturated heterocycles. The number of nitrogens with zero attached hydrogens (tertiary/aromatic N) is 1. The zero-order chi connectivity index (χ0) is 7.40. The van der Waals surface area contributed by atoms with Gasteiger partial charge in [0.25, 0.3) is 0 Å². The molecule has 0 aliphatic rings. The van der Waals surface area contributed by atoms with Crippen molar-refractivity contribution in [3.8, 4) is 5.75 Å². The standard InChI is InChI=1S/C7H7ClNO/c1-2-10-7-3-6(8)4-9-5-7/h3,5H,2H2,1H3. The third-order valence-electron chi connectivity index (χ3n) is 0.943. The Balaban J connectivity index is 2.75. The van der Waals surface area contributed by atoms with Gasteiger partial charge in [0.2, 0.25) is 0 Å². The van der Waals surface area contributed by atoms with Crippen molar-refractivity contribution in [2.45, 2.75) is 6.92 Å². The second kappa shape index (κ2) is 3.42. The minimum Gasteiger partial charge on any atom is -0.492 e. The Morgan fingerprint density at radius 2 is 2.60 bits per heavy atom. The van der Waals surface area contributed by atoms with Crippen LogP contribution < -0.4 is 4.74 Å². The fourth-order valence-corrected chi connectivity index (χ4v) is 0.754. The summed E-state index contributed by atoms with van der Waals surface area (Å²) in [4.78, 5) is 3.72. The van der Waals surface area contributed by atoms with E-state index in [1.807, 2.05) is 6.92 Å². The molecule has 0 aliphatic heterocycles. The van der Waals surface area contributed by atoms with Crippen LogP contribution in [0, 0.1) is 6.20 Å². The van der Waals surface area contributed by atoms with Gasteiger partial charge in [0.1, 0.15) is 11.9 Å². The van der Waals surface area contributed by atoms with Crippen LogP contribution in [0.2, 0.25) is 5.02 Å². The van der Waals surface area contributed by atoms with Gasteiger partial charge in [0.05, 0.1) is 17.8 Å². The van der Waals surface area contributed by atoms with Crippen molar-refractivity contribution in [2.24, 2.45) is 0 Å². The average molecular weight is 157 g/mol. The maximum absolute atomic E-state index is 5.58. The number of rotatable bonds is 2. The van der Waals surface area contributed by atoms with Gasteiger partial charge in [0, 0.05) is 6.07 Å². The quantitative estimate of drug-likeness (QED) is 0.653. The summed E-state index contributed by atoms with van der Waals surface area (Å²) in [5.41, 5.74) is 0. The topological polar surface area (TPSA) is 22.1 Å².